The maximum absolute atomic E-state index is 5.84. The van der Waals surface area contributed by atoms with Gasteiger partial charge in [-0.3, -0.25) is 0 Å². The summed E-state index contributed by atoms with van der Waals surface area (Å²) in [6.07, 6.45) is 5.02. The number of para-hydroxylation sites is 1. The van der Waals surface area contributed by atoms with Crippen molar-refractivity contribution in [1.29, 1.82) is 0 Å². The average molecular weight is 279 g/mol. The van der Waals surface area contributed by atoms with Crippen LogP contribution < -0.4 is 5.73 Å². The van der Waals surface area contributed by atoms with E-state index in [0.29, 0.717) is 11.7 Å². The van der Waals surface area contributed by atoms with Crippen LogP contribution in [0.2, 0.25) is 0 Å². The van der Waals surface area contributed by atoms with Crippen LogP contribution in [0.1, 0.15) is 17.7 Å². The minimum absolute atomic E-state index is 0.568. The van der Waals surface area contributed by atoms with Crippen LogP contribution in [0.3, 0.4) is 0 Å². The summed E-state index contributed by atoms with van der Waals surface area (Å²) in [5.41, 5.74) is 9.02. The van der Waals surface area contributed by atoms with Gasteiger partial charge < -0.3 is 10.2 Å². The van der Waals surface area contributed by atoms with Crippen LogP contribution in [-0.2, 0) is 12.8 Å². The molecule has 4 rings (SSSR count). The number of furan rings is 1. The van der Waals surface area contributed by atoms with Gasteiger partial charge in [0.15, 0.2) is 11.6 Å². The predicted octanol–water partition coefficient (Wildman–Crippen LogP) is 2.95. The summed E-state index contributed by atoms with van der Waals surface area (Å²) in [6, 6.07) is 9.97. The van der Waals surface area contributed by atoms with Crippen LogP contribution >= 0.6 is 0 Å². The van der Waals surface area contributed by atoms with Crippen molar-refractivity contribution in [3.63, 3.8) is 0 Å². The van der Waals surface area contributed by atoms with Crippen LogP contribution in [0.4, 0.5) is 0 Å². The lowest BCUT2D eigenvalue weighted by Crippen LogP contribution is -2.23. The van der Waals surface area contributed by atoms with E-state index in [1.807, 2.05) is 36.5 Å². The number of aromatic nitrogens is 2. The highest BCUT2D eigenvalue weighted by atomic mass is 16.3. The highest BCUT2D eigenvalue weighted by molar-refractivity contribution is 5.81. The van der Waals surface area contributed by atoms with Crippen LogP contribution in [0.5, 0.6) is 0 Å². The third-order valence-corrected chi connectivity index (χ3v) is 4.23. The molecule has 0 saturated carbocycles. The third-order valence-electron chi connectivity index (χ3n) is 4.23. The van der Waals surface area contributed by atoms with Gasteiger partial charge in [-0.2, -0.15) is 0 Å². The number of nitrogens with two attached hydrogens (primary N) is 1. The normalized spacial score (nSPS) is 17.9. The summed E-state index contributed by atoms with van der Waals surface area (Å²) >= 11 is 0. The first kappa shape index (κ1) is 12.5. The van der Waals surface area contributed by atoms with Gasteiger partial charge in [0.05, 0.1) is 0 Å². The van der Waals surface area contributed by atoms with Gasteiger partial charge in [-0.1, -0.05) is 18.2 Å². The fraction of sp³-hybridized carbons (Fsp3) is 0.294. The Morgan fingerprint density at radius 2 is 2.19 bits per heavy atom. The molecule has 1 atom stereocenters. The Labute approximate surface area is 123 Å². The van der Waals surface area contributed by atoms with E-state index in [0.717, 1.165) is 48.2 Å². The third kappa shape index (κ3) is 2.21. The maximum atomic E-state index is 5.84. The zero-order valence-corrected chi connectivity index (χ0v) is 11.7. The predicted molar refractivity (Wildman–Crippen MR) is 81.8 cm³/mol. The van der Waals surface area contributed by atoms with E-state index in [1.165, 1.54) is 5.56 Å². The van der Waals surface area contributed by atoms with Gasteiger partial charge in [0.25, 0.3) is 0 Å². The SMILES string of the molecule is NCC1CCc2nc(-c3cc4ccccc4o3)ncc2C1. The molecule has 3 aromatic rings. The maximum Gasteiger partial charge on any atom is 0.195 e. The van der Waals surface area contributed by atoms with Crippen molar-refractivity contribution >= 4 is 11.0 Å². The van der Waals surface area contributed by atoms with Gasteiger partial charge in [-0.05, 0) is 49.4 Å². The highest BCUT2D eigenvalue weighted by Crippen LogP contribution is 2.28. The molecular formula is C17H17N3O. The molecule has 4 nitrogen and oxygen atoms in total. The van der Waals surface area contributed by atoms with Crippen molar-refractivity contribution < 1.29 is 4.42 Å². The molecule has 1 aliphatic carbocycles. The van der Waals surface area contributed by atoms with E-state index in [9.17, 15) is 0 Å². The topological polar surface area (TPSA) is 64.9 Å². The first-order chi connectivity index (χ1) is 10.3. The summed E-state index contributed by atoms with van der Waals surface area (Å²) in [7, 11) is 0. The number of nitrogens with zero attached hydrogens (tertiary/aromatic N) is 2. The molecule has 2 aromatic heterocycles. The second kappa shape index (κ2) is 4.97. The molecule has 0 radical (unpaired) electrons. The molecule has 2 N–H and O–H groups in total. The van der Waals surface area contributed by atoms with Crippen molar-refractivity contribution in [2.45, 2.75) is 19.3 Å². The fourth-order valence-electron chi connectivity index (χ4n) is 2.99. The molecule has 0 amide bonds. The zero-order valence-electron chi connectivity index (χ0n) is 11.7. The molecule has 21 heavy (non-hydrogen) atoms. The van der Waals surface area contributed by atoms with E-state index < -0.39 is 0 Å². The van der Waals surface area contributed by atoms with Gasteiger partial charge >= 0.3 is 0 Å². The summed E-state index contributed by atoms with van der Waals surface area (Å²) in [6.45, 7) is 0.741. The molecule has 4 heteroatoms. The Bertz CT molecular complexity index is 761. The second-order valence-corrected chi connectivity index (χ2v) is 5.66. The molecule has 1 unspecified atom stereocenters. The first-order valence-electron chi connectivity index (χ1n) is 7.37. The van der Waals surface area contributed by atoms with Gasteiger partial charge in [0, 0.05) is 17.3 Å². The van der Waals surface area contributed by atoms with Crippen molar-refractivity contribution in [2.75, 3.05) is 6.54 Å². The molecule has 0 saturated heterocycles. The van der Waals surface area contributed by atoms with Crippen LogP contribution in [0, 0.1) is 5.92 Å². The van der Waals surface area contributed by atoms with Gasteiger partial charge in [-0.25, -0.2) is 9.97 Å². The van der Waals surface area contributed by atoms with Gasteiger partial charge in [0.1, 0.15) is 5.58 Å². The van der Waals surface area contributed by atoms with E-state index in [1.54, 1.807) is 0 Å². The van der Waals surface area contributed by atoms with E-state index in [4.69, 9.17) is 15.1 Å². The summed E-state index contributed by atoms with van der Waals surface area (Å²) in [5.74, 6) is 1.98. The van der Waals surface area contributed by atoms with Gasteiger partial charge in [0.2, 0.25) is 0 Å². The van der Waals surface area contributed by atoms with Crippen molar-refractivity contribution in [2.24, 2.45) is 11.7 Å². The fourth-order valence-corrected chi connectivity index (χ4v) is 2.99. The summed E-state index contributed by atoms with van der Waals surface area (Å²) in [4.78, 5) is 9.18. The Morgan fingerprint density at radius 3 is 3.05 bits per heavy atom. The number of aryl methyl sites for hydroxylation is 1. The van der Waals surface area contributed by atoms with Gasteiger partial charge in [-0.15, -0.1) is 0 Å². The summed E-state index contributed by atoms with van der Waals surface area (Å²) < 4.78 is 5.84. The standard InChI is InChI=1S/C17H17N3O/c18-9-11-5-6-14-13(7-11)10-19-17(20-14)16-8-12-3-1-2-4-15(12)21-16/h1-4,8,10-11H,5-7,9,18H2. The first-order valence-corrected chi connectivity index (χ1v) is 7.37. The lowest BCUT2D eigenvalue weighted by molar-refractivity contribution is 0.461. The number of hydrogen-bond acceptors (Lipinski definition) is 4. The van der Waals surface area contributed by atoms with Crippen LogP contribution in [0.25, 0.3) is 22.6 Å². The Morgan fingerprint density at radius 1 is 1.29 bits per heavy atom. The van der Waals surface area contributed by atoms with Crippen molar-refractivity contribution in [3.05, 3.63) is 47.8 Å². The van der Waals surface area contributed by atoms with E-state index >= 15 is 0 Å². The number of hydrogen-bond donors (Lipinski definition) is 1. The smallest absolute Gasteiger partial charge is 0.195 e. The largest absolute Gasteiger partial charge is 0.453 e. The molecule has 2 heterocycles. The summed E-state index contributed by atoms with van der Waals surface area (Å²) in [5, 5.41) is 1.08. The zero-order chi connectivity index (χ0) is 14.2. The monoisotopic (exact) mass is 279 g/mol. The molecule has 106 valence electrons. The van der Waals surface area contributed by atoms with Crippen LogP contribution in [-0.4, -0.2) is 16.5 Å². The Balaban J connectivity index is 1.73. The minimum atomic E-state index is 0.568. The molecular weight excluding hydrogens is 262 g/mol. The average Bonchev–Trinajstić information content (AvgIpc) is 2.98. The second-order valence-electron chi connectivity index (χ2n) is 5.66. The van der Waals surface area contributed by atoms with E-state index in [-0.39, 0.29) is 0 Å². The minimum Gasteiger partial charge on any atom is -0.453 e. The number of benzene rings is 1. The highest BCUT2D eigenvalue weighted by Gasteiger charge is 2.20. The number of rotatable bonds is 2. The van der Waals surface area contributed by atoms with Crippen molar-refractivity contribution in [1.82, 2.24) is 9.97 Å². The molecule has 1 aromatic carbocycles. The molecule has 0 bridgehead atoms. The van der Waals surface area contributed by atoms with Crippen LogP contribution in [0.15, 0.2) is 40.9 Å². The Hall–Kier alpha value is -2.20. The number of fused-ring (bicyclic) bond motifs is 2. The van der Waals surface area contributed by atoms with Crippen molar-refractivity contribution in [3.8, 4) is 11.6 Å². The quantitative estimate of drug-likeness (QED) is 0.783. The molecule has 0 spiro atoms. The molecule has 1 aliphatic rings. The van der Waals surface area contributed by atoms with E-state index in [2.05, 4.69) is 4.98 Å². The lowest BCUT2D eigenvalue weighted by atomic mass is 9.87. The lowest BCUT2D eigenvalue weighted by Gasteiger charge is -2.22. The Kier molecular flexibility index (Phi) is 2.97. The molecule has 0 aliphatic heterocycles. The molecule has 0 fully saturated rings.